The molecular weight excluding hydrogens is 160 g/mol. The normalized spacial score (nSPS) is 10.6. The molecule has 0 aliphatic heterocycles. The highest BCUT2D eigenvalue weighted by atomic mass is 32.2. The summed E-state index contributed by atoms with van der Waals surface area (Å²) in [7, 11) is -2.27. The first-order valence-corrected chi connectivity index (χ1v) is 4.15. The summed E-state index contributed by atoms with van der Waals surface area (Å²) in [6, 6.07) is 0. The Morgan fingerprint density at radius 1 is 1.50 bits per heavy atom. The number of carbonyl (C=O) groups excluding carboxylic acids is 1. The zero-order valence-electron chi connectivity index (χ0n) is 5.54. The first kappa shape index (κ1) is 9.18. The van der Waals surface area contributed by atoms with Crippen LogP contribution in [0.4, 0.5) is 4.79 Å². The third kappa shape index (κ3) is 5.32. The molecule has 2 N–H and O–H groups in total. The van der Waals surface area contributed by atoms with Crippen LogP contribution in [-0.2, 0) is 14.8 Å². The minimum Gasteiger partial charge on any atom is -0.452 e. The Bertz CT molecular complexity index is 209. The fraction of sp³-hybridized carbons (Fsp3) is 0.667. The van der Waals surface area contributed by atoms with Crippen LogP contribution in [0.15, 0.2) is 0 Å². The highest BCUT2D eigenvalue weighted by Gasteiger charge is 2.02. The second kappa shape index (κ2) is 3.37. The van der Waals surface area contributed by atoms with Gasteiger partial charge in [0.25, 0.3) is 0 Å². The lowest BCUT2D eigenvalue weighted by Gasteiger charge is -2.01. The summed E-state index contributed by atoms with van der Waals surface area (Å²) in [6.45, 7) is 0. The molecule has 6 nitrogen and oxygen atoms in total. The number of rotatable bonds is 2. The van der Waals surface area contributed by atoms with E-state index in [1.807, 2.05) is 0 Å². The fourth-order valence-corrected chi connectivity index (χ4v) is 0.454. The van der Waals surface area contributed by atoms with Gasteiger partial charge < -0.3 is 4.74 Å². The van der Waals surface area contributed by atoms with Gasteiger partial charge in [0.15, 0.2) is 0 Å². The van der Waals surface area contributed by atoms with E-state index in [2.05, 4.69) is 4.74 Å². The molecule has 7 heteroatoms. The number of carbonyl (C=O) groups is 1. The maximum Gasteiger partial charge on any atom is 0.422 e. The summed E-state index contributed by atoms with van der Waals surface area (Å²) in [6.07, 6.45) is 0.0496. The Hall–Kier alpha value is -0.820. The number of ether oxygens (including phenoxy) is 1. The van der Waals surface area contributed by atoms with Crippen LogP contribution in [-0.4, -0.2) is 27.9 Å². The molecule has 0 aromatic heterocycles. The van der Waals surface area contributed by atoms with Crippen molar-refractivity contribution in [2.75, 3.05) is 13.4 Å². The SMILES string of the molecule is COC(=O)NNS(C)(=O)=O. The van der Waals surface area contributed by atoms with Crippen molar-refractivity contribution < 1.29 is 17.9 Å². The lowest BCUT2D eigenvalue weighted by Crippen LogP contribution is -2.40. The van der Waals surface area contributed by atoms with Gasteiger partial charge in [0, 0.05) is 0 Å². The van der Waals surface area contributed by atoms with Crippen LogP contribution in [0, 0.1) is 0 Å². The molecule has 0 rings (SSSR count). The van der Waals surface area contributed by atoms with E-state index in [-0.39, 0.29) is 0 Å². The zero-order valence-corrected chi connectivity index (χ0v) is 6.36. The molecule has 0 aromatic rings. The Morgan fingerprint density at radius 2 is 2.00 bits per heavy atom. The number of methoxy groups -OCH3 is 1. The highest BCUT2D eigenvalue weighted by molar-refractivity contribution is 7.88. The first-order valence-electron chi connectivity index (χ1n) is 2.26. The Kier molecular flexibility index (Phi) is 3.10. The molecule has 0 saturated heterocycles. The van der Waals surface area contributed by atoms with E-state index in [4.69, 9.17) is 0 Å². The third-order valence-corrected chi connectivity index (χ3v) is 0.997. The maximum absolute atomic E-state index is 10.3. The van der Waals surface area contributed by atoms with E-state index in [0.29, 0.717) is 0 Å². The van der Waals surface area contributed by atoms with Gasteiger partial charge in [-0.05, 0) is 0 Å². The Labute approximate surface area is 58.6 Å². The molecule has 0 aromatic carbocycles. The van der Waals surface area contributed by atoms with Gasteiger partial charge in [-0.3, -0.25) is 0 Å². The largest absolute Gasteiger partial charge is 0.452 e. The van der Waals surface area contributed by atoms with E-state index in [1.54, 1.807) is 10.3 Å². The van der Waals surface area contributed by atoms with Gasteiger partial charge in [-0.1, -0.05) is 0 Å². The lowest BCUT2D eigenvalue weighted by atomic mass is 11.2. The number of sulfonamides is 1. The van der Waals surface area contributed by atoms with Gasteiger partial charge in [-0.2, -0.15) is 0 Å². The average Bonchev–Trinajstić information content (AvgIpc) is 1.81. The topological polar surface area (TPSA) is 84.5 Å². The summed E-state index contributed by atoms with van der Waals surface area (Å²) in [5, 5.41) is 0. The van der Waals surface area contributed by atoms with Crippen molar-refractivity contribution in [2.45, 2.75) is 0 Å². The summed E-state index contributed by atoms with van der Waals surface area (Å²) in [4.78, 5) is 11.9. The predicted octanol–water partition coefficient (Wildman–Crippen LogP) is -1.19. The molecule has 0 heterocycles. The molecule has 0 aliphatic rings. The van der Waals surface area contributed by atoms with Gasteiger partial charge in [0.2, 0.25) is 10.0 Å². The van der Waals surface area contributed by atoms with Crippen LogP contribution in [0.5, 0.6) is 0 Å². The molecule has 60 valence electrons. The molecule has 0 spiro atoms. The summed E-state index contributed by atoms with van der Waals surface area (Å²) >= 11 is 0. The molecule has 0 aliphatic carbocycles. The van der Waals surface area contributed by atoms with E-state index >= 15 is 0 Å². The van der Waals surface area contributed by atoms with Crippen LogP contribution in [0.1, 0.15) is 0 Å². The third-order valence-electron chi connectivity index (χ3n) is 0.524. The van der Waals surface area contributed by atoms with Gasteiger partial charge in [-0.15, -0.1) is 4.83 Å². The second-order valence-electron chi connectivity index (χ2n) is 1.49. The second-order valence-corrected chi connectivity index (χ2v) is 3.24. The van der Waals surface area contributed by atoms with Crippen LogP contribution in [0.25, 0.3) is 0 Å². The molecule has 0 bridgehead atoms. The van der Waals surface area contributed by atoms with Crippen LogP contribution in [0.3, 0.4) is 0 Å². The van der Waals surface area contributed by atoms with Crippen molar-refractivity contribution in [3.63, 3.8) is 0 Å². The van der Waals surface area contributed by atoms with E-state index < -0.39 is 16.1 Å². The van der Waals surface area contributed by atoms with E-state index in [9.17, 15) is 13.2 Å². The van der Waals surface area contributed by atoms with Crippen molar-refractivity contribution in [1.29, 1.82) is 0 Å². The molecule has 0 fully saturated rings. The number of nitrogens with one attached hydrogen (secondary N) is 2. The summed E-state index contributed by atoms with van der Waals surface area (Å²) in [5.74, 6) is 0. The Balaban J connectivity index is 3.67. The lowest BCUT2D eigenvalue weighted by molar-refractivity contribution is 0.169. The van der Waals surface area contributed by atoms with Crippen molar-refractivity contribution >= 4 is 16.1 Å². The van der Waals surface area contributed by atoms with Gasteiger partial charge in [-0.25, -0.2) is 18.6 Å². The van der Waals surface area contributed by atoms with Crippen LogP contribution >= 0.6 is 0 Å². The van der Waals surface area contributed by atoms with Crippen molar-refractivity contribution in [3.8, 4) is 0 Å². The summed E-state index contributed by atoms with van der Waals surface area (Å²) in [5.41, 5.74) is 1.77. The zero-order chi connectivity index (χ0) is 8.20. The standard InChI is InChI=1S/C3H8N2O4S/c1-9-3(6)4-5-10(2,7)8/h5H,1-2H3,(H,4,6). The van der Waals surface area contributed by atoms with E-state index in [0.717, 1.165) is 13.4 Å². The van der Waals surface area contributed by atoms with Crippen LogP contribution in [0.2, 0.25) is 0 Å². The molecule has 0 radical (unpaired) electrons. The van der Waals surface area contributed by atoms with Crippen molar-refractivity contribution in [2.24, 2.45) is 0 Å². The number of amides is 1. The smallest absolute Gasteiger partial charge is 0.422 e. The van der Waals surface area contributed by atoms with Crippen LogP contribution < -0.4 is 10.3 Å². The maximum atomic E-state index is 10.3. The fourth-order valence-electron chi connectivity index (χ4n) is 0.185. The van der Waals surface area contributed by atoms with Gasteiger partial charge >= 0.3 is 6.09 Å². The minimum absolute atomic E-state index is 0.856. The predicted molar refractivity (Wildman–Crippen MR) is 33.5 cm³/mol. The van der Waals surface area contributed by atoms with E-state index in [1.165, 1.54) is 0 Å². The highest BCUT2D eigenvalue weighted by Crippen LogP contribution is 1.70. The number of hydrazine groups is 1. The minimum atomic E-state index is -3.39. The van der Waals surface area contributed by atoms with Gasteiger partial charge in [0.1, 0.15) is 0 Å². The molecule has 10 heavy (non-hydrogen) atoms. The number of hydrogen-bond donors (Lipinski definition) is 2. The molecule has 0 unspecified atom stereocenters. The molecule has 0 atom stereocenters. The molecular formula is C3H8N2O4S. The average molecular weight is 168 g/mol. The Morgan fingerprint density at radius 3 is 2.30 bits per heavy atom. The van der Waals surface area contributed by atoms with Gasteiger partial charge in [0.05, 0.1) is 13.4 Å². The molecule has 0 saturated carbocycles. The quantitative estimate of drug-likeness (QED) is 0.507. The monoisotopic (exact) mass is 168 g/mol. The molecule has 1 amide bonds. The van der Waals surface area contributed by atoms with Crippen molar-refractivity contribution in [1.82, 2.24) is 10.3 Å². The summed E-state index contributed by atoms with van der Waals surface area (Å²) < 4.78 is 24.6. The van der Waals surface area contributed by atoms with Crippen molar-refractivity contribution in [3.05, 3.63) is 0 Å². The number of hydrogen-bond acceptors (Lipinski definition) is 4. The first-order chi connectivity index (χ1) is 4.45.